The van der Waals surface area contributed by atoms with Crippen molar-refractivity contribution in [3.05, 3.63) is 41.2 Å². The molecule has 1 aromatic carbocycles. The number of nitrogens with one attached hydrogen (secondary N) is 2. The van der Waals surface area contributed by atoms with Crippen LogP contribution in [0.2, 0.25) is 0 Å². The Hall–Kier alpha value is -2.50. The van der Waals surface area contributed by atoms with Gasteiger partial charge in [0, 0.05) is 25.5 Å². The third-order valence-corrected chi connectivity index (χ3v) is 3.55. The third-order valence-electron chi connectivity index (χ3n) is 3.55. The van der Waals surface area contributed by atoms with Gasteiger partial charge in [0.25, 0.3) is 0 Å². The average molecular weight is 302 g/mol. The SMILES string of the molecule is COc1c(C)cc(NC(=O)N(C)CCc2cn[nH]c2)cc1C. The minimum Gasteiger partial charge on any atom is -0.496 e. The standard InChI is InChI=1S/C16H22N4O2/c1-11-7-14(8-12(2)15(11)22-4)19-16(21)20(3)6-5-13-9-17-18-10-13/h7-10H,5-6H2,1-4H3,(H,17,18)(H,19,21). The zero-order valence-electron chi connectivity index (χ0n) is 13.4. The van der Waals surface area contributed by atoms with Crippen molar-refractivity contribution in [2.45, 2.75) is 20.3 Å². The smallest absolute Gasteiger partial charge is 0.321 e. The van der Waals surface area contributed by atoms with Gasteiger partial charge >= 0.3 is 6.03 Å². The molecule has 0 saturated heterocycles. The molecule has 0 radical (unpaired) electrons. The second-order valence-electron chi connectivity index (χ2n) is 5.35. The minimum atomic E-state index is -0.132. The van der Waals surface area contributed by atoms with Gasteiger partial charge in [0.2, 0.25) is 0 Å². The van der Waals surface area contributed by atoms with Gasteiger partial charge in [-0.1, -0.05) is 0 Å². The van der Waals surface area contributed by atoms with Gasteiger partial charge in [0.15, 0.2) is 0 Å². The molecular formula is C16H22N4O2. The fraction of sp³-hybridized carbons (Fsp3) is 0.375. The van der Waals surface area contributed by atoms with Crippen molar-refractivity contribution >= 4 is 11.7 Å². The number of carbonyl (C=O) groups excluding carboxylic acids is 1. The van der Waals surface area contributed by atoms with Crippen molar-refractivity contribution < 1.29 is 9.53 Å². The first-order valence-electron chi connectivity index (χ1n) is 7.16. The van der Waals surface area contributed by atoms with Gasteiger partial charge in [0.1, 0.15) is 5.75 Å². The number of aromatic amines is 1. The summed E-state index contributed by atoms with van der Waals surface area (Å²) in [5, 5.41) is 9.57. The molecule has 0 atom stereocenters. The van der Waals surface area contributed by atoms with Crippen molar-refractivity contribution in [2.24, 2.45) is 0 Å². The van der Waals surface area contributed by atoms with E-state index in [1.54, 1.807) is 25.3 Å². The van der Waals surface area contributed by atoms with Crippen LogP contribution in [0.15, 0.2) is 24.5 Å². The van der Waals surface area contributed by atoms with E-state index in [9.17, 15) is 4.79 Å². The molecule has 0 fully saturated rings. The Morgan fingerprint density at radius 2 is 2.05 bits per heavy atom. The molecular weight excluding hydrogens is 280 g/mol. The first-order valence-corrected chi connectivity index (χ1v) is 7.16. The Morgan fingerprint density at radius 1 is 1.36 bits per heavy atom. The zero-order valence-corrected chi connectivity index (χ0v) is 13.4. The van der Waals surface area contributed by atoms with E-state index < -0.39 is 0 Å². The topological polar surface area (TPSA) is 70.2 Å². The van der Waals surface area contributed by atoms with Crippen molar-refractivity contribution in [1.29, 1.82) is 0 Å². The Balaban J connectivity index is 1.96. The Bertz CT molecular complexity index is 615. The average Bonchev–Trinajstić information content (AvgIpc) is 2.97. The number of rotatable bonds is 5. The molecule has 6 nitrogen and oxygen atoms in total. The normalized spacial score (nSPS) is 10.4. The van der Waals surface area contributed by atoms with Crippen molar-refractivity contribution in [2.75, 3.05) is 26.0 Å². The van der Waals surface area contributed by atoms with Gasteiger partial charge in [-0.3, -0.25) is 5.10 Å². The lowest BCUT2D eigenvalue weighted by molar-refractivity contribution is 0.223. The second kappa shape index (κ2) is 6.98. The van der Waals surface area contributed by atoms with Crippen LogP contribution < -0.4 is 10.1 Å². The fourth-order valence-electron chi connectivity index (χ4n) is 2.38. The van der Waals surface area contributed by atoms with Crippen LogP contribution in [0.4, 0.5) is 10.5 Å². The molecule has 0 unspecified atom stereocenters. The van der Waals surface area contributed by atoms with Crippen LogP contribution in [0.25, 0.3) is 0 Å². The molecule has 1 aromatic heterocycles. The van der Waals surface area contributed by atoms with E-state index in [-0.39, 0.29) is 6.03 Å². The van der Waals surface area contributed by atoms with E-state index in [0.717, 1.165) is 34.5 Å². The van der Waals surface area contributed by atoms with Crippen molar-refractivity contribution in [3.63, 3.8) is 0 Å². The summed E-state index contributed by atoms with van der Waals surface area (Å²) < 4.78 is 5.33. The summed E-state index contributed by atoms with van der Waals surface area (Å²) in [7, 11) is 3.43. The van der Waals surface area contributed by atoms with Crippen LogP contribution in [0.3, 0.4) is 0 Å². The number of hydrogen-bond donors (Lipinski definition) is 2. The summed E-state index contributed by atoms with van der Waals surface area (Å²) >= 11 is 0. The number of methoxy groups -OCH3 is 1. The maximum Gasteiger partial charge on any atom is 0.321 e. The molecule has 0 aliphatic heterocycles. The first kappa shape index (κ1) is 15.9. The van der Waals surface area contributed by atoms with E-state index in [1.807, 2.05) is 32.2 Å². The summed E-state index contributed by atoms with van der Waals surface area (Å²) in [6.45, 7) is 4.55. The number of H-pyrrole nitrogens is 1. The zero-order chi connectivity index (χ0) is 16.1. The minimum absolute atomic E-state index is 0.132. The van der Waals surface area contributed by atoms with Crippen LogP contribution in [0.5, 0.6) is 5.75 Å². The molecule has 0 saturated carbocycles. The molecule has 6 heteroatoms. The quantitative estimate of drug-likeness (QED) is 0.892. The second-order valence-corrected chi connectivity index (χ2v) is 5.35. The van der Waals surface area contributed by atoms with Gasteiger partial charge in [-0.2, -0.15) is 5.10 Å². The lowest BCUT2D eigenvalue weighted by atomic mass is 10.1. The number of nitrogens with zero attached hydrogens (tertiary/aromatic N) is 2. The van der Waals surface area contributed by atoms with Crippen LogP contribution >= 0.6 is 0 Å². The summed E-state index contributed by atoms with van der Waals surface area (Å²) in [5.74, 6) is 0.853. The number of ether oxygens (including phenoxy) is 1. The molecule has 2 amide bonds. The van der Waals surface area contributed by atoms with E-state index >= 15 is 0 Å². The van der Waals surface area contributed by atoms with E-state index in [4.69, 9.17) is 4.74 Å². The lowest BCUT2D eigenvalue weighted by Gasteiger charge is -2.18. The van der Waals surface area contributed by atoms with Gasteiger partial charge in [-0.25, -0.2) is 4.79 Å². The van der Waals surface area contributed by atoms with Gasteiger partial charge in [-0.15, -0.1) is 0 Å². The number of carbonyl (C=O) groups is 1. The molecule has 0 bridgehead atoms. The highest BCUT2D eigenvalue weighted by atomic mass is 16.5. The van der Waals surface area contributed by atoms with E-state index in [1.165, 1.54) is 0 Å². The molecule has 1 heterocycles. The largest absolute Gasteiger partial charge is 0.496 e. The van der Waals surface area contributed by atoms with Crippen LogP contribution in [-0.4, -0.2) is 41.8 Å². The maximum atomic E-state index is 12.2. The highest BCUT2D eigenvalue weighted by Gasteiger charge is 2.11. The number of likely N-dealkylation sites (N-methyl/N-ethyl adjacent to an activating group) is 1. The predicted molar refractivity (Wildman–Crippen MR) is 86.4 cm³/mol. The maximum absolute atomic E-state index is 12.2. The third kappa shape index (κ3) is 3.78. The molecule has 0 aliphatic carbocycles. The Morgan fingerprint density at radius 3 is 2.59 bits per heavy atom. The molecule has 0 spiro atoms. The monoisotopic (exact) mass is 302 g/mol. The number of benzene rings is 1. The molecule has 2 rings (SSSR count). The number of amides is 2. The van der Waals surface area contributed by atoms with E-state index in [0.29, 0.717) is 6.54 Å². The molecule has 118 valence electrons. The van der Waals surface area contributed by atoms with Crippen LogP contribution in [-0.2, 0) is 6.42 Å². The number of urea groups is 1. The first-order chi connectivity index (χ1) is 10.5. The number of aryl methyl sites for hydroxylation is 2. The summed E-state index contributed by atoms with van der Waals surface area (Å²) in [5.41, 5.74) is 3.85. The summed E-state index contributed by atoms with van der Waals surface area (Å²) in [4.78, 5) is 13.9. The number of aromatic nitrogens is 2. The van der Waals surface area contributed by atoms with Crippen LogP contribution in [0, 0.1) is 13.8 Å². The van der Waals surface area contributed by atoms with Gasteiger partial charge < -0.3 is 15.0 Å². The van der Waals surface area contributed by atoms with Gasteiger partial charge in [0.05, 0.1) is 13.3 Å². The Kier molecular flexibility index (Phi) is 5.04. The summed E-state index contributed by atoms with van der Waals surface area (Å²) in [6, 6.07) is 3.69. The molecule has 22 heavy (non-hydrogen) atoms. The number of anilines is 1. The van der Waals surface area contributed by atoms with Gasteiger partial charge in [-0.05, 0) is 49.1 Å². The van der Waals surface area contributed by atoms with Crippen molar-refractivity contribution in [1.82, 2.24) is 15.1 Å². The molecule has 0 aliphatic rings. The highest BCUT2D eigenvalue weighted by molar-refractivity contribution is 5.89. The lowest BCUT2D eigenvalue weighted by Crippen LogP contribution is -2.33. The number of hydrogen-bond acceptors (Lipinski definition) is 3. The Labute approximate surface area is 130 Å². The molecule has 2 N–H and O–H groups in total. The fourth-order valence-corrected chi connectivity index (χ4v) is 2.38. The predicted octanol–water partition coefficient (Wildman–Crippen LogP) is 2.74. The summed E-state index contributed by atoms with van der Waals surface area (Å²) in [6.07, 6.45) is 4.37. The van der Waals surface area contributed by atoms with E-state index in [2.05, 4.69) is 15.5 Å². The molecule has 2 aromatic rings. The van der Waals surface area contributed by atoms with Crippen molar-refractivity contribution in [3.8, 4) is 5.75 Å². The highest BCUT2D eigenvalue weighted by Crippen LogP contribution is 2.26. The van der Waals surface area contributed by atoms with Crippen LogP contribution in [0.1, 0.15) is 16.7 Å².